The molecule has 0 aliphatic carbocycles. The molecular formula is C14H14N4O2. The van der Waals surface area contributed by atoms with Crippen LogP contribution in [0.25, 0.3) is 17.3 Å². The predicted octanol–water partition coefficient (Wildman–Crippen LogP) is 2.14. The van der Waals surface area contributed by atoms with Crippen LogP contribution < -0.4 is 5.56 Å². The Bertz CT molecular complexity index is 812. The molecule has 20 heavy (non-hydrogen) atoms. The van der Waals surface area contributed by atoms with Gasteiger partial charge >= 0.3 is 0 Å². The Morgan fingerprint density at radius 3 is 2.60 bits per heavy atom. The fraction of sp³-hybridized carbons (Fsp3) is 0.214. The van der Waals surface area contributed by atoms with Crippen molar-refractivity contribution >= 4 is 0 Å². The molecule has 0 atom stereocenters. The molecule has 0 saturated carbocycles. The summed E-state index contributed by atoms with van der Waals surface area (Å²) in [5.74, 6) is 1.12. The second kappa shape index (κ2) is 4.48. The summed E-state index contributed by atoms with van der Waals surface area (Å²) >= 11 is 0. The Morgan fingerprint density at radius 2 is 1.90 bits per heavy atom. The van der Waals surface area contributed by atoms with Crippen molar-refractivity contribution in [3.63, 3.8) is 0 Å². The van der Waals surface area contributed by atoms with Crippen LogP contribution >= 0.6 is 0 Å². The fourth-order valence-electron chi connectivity index (χ4n) is 2.03. The predicted molar refractivity (Wildman–Crippen MR) is 73.9 cm³/mol. The van der Waals surface area contributed by atoms with Crippen LogP contribution in [0.5, 0.6) is 0 Å². The lowest BCUT2D eigenvalue weighted by atomic mass is 10.3. The monoisotopic (exact) mass is 270 g/mol. The van der Waals surface area contributed by atoms with Gasteiger partial charge in [0.1, 0.15) is 5.69 Å². The van der Waals surface area contributed by atoms with Gasteiger partial charge in [-0.1, -0.05) is 0 Å². The van der Waals surface area contributed by atoms with E-state index in [9.17, 15) is 4.79 Å². The van der Waals surface area contributed by atoms with E-state index in [1.54, 1.807) is 18.4 Å². The first-order chi connectivity index (χ1) is 9.56. The molecule has 102 valence electrons. The van der Waals surface area contributed by atoms with Gasteiger partial charge in [0.15, 0.2) is 11.6 Å². The number of aromatic amines is 1. The van der Waals surface area contributed by atoms with E-state index >= 15 is 0 Å². The van der Waals surface area contributed by atoms with Crippen LogP contribution in [0.1, 0.15) is 17.1 Å². The van der Waals surface area contributed by atoms with Crippen LogP contribution in [0, 0.1) is 20.8 Å². The molecule has 1 N–H and O–H groups in total. The minimum atomic E-state index is -0.197. The van der Waals surface area contributed by atoms with E-state index in [-0.39, 0.29) is 5.56 Å². The smallest absolute Gasteiger partial charge is 0.273 e. The Hall–Kier alpha value is -2.63. The van der Waals surface area contributed by atoms with Crippen molar-refractivity contribution in [1.29, 1.82) is 0 Å². The molecule has 0 bridgehead atoms. The summed E-state index contributed by atoms with van der Waals surface area (Å²) < 4.78 is 6.66. The van der Waals surface area contributed by atoms with Crippen molar-refractivity contribution in [2.75, 3.05) is 0 Å². The van der Waals surface area contributed by atoms with E-state index in [0.29, 0.717) is 23.0 Å². The van der Waals surface area contributed by atoms with E-state index in [2.05, 4.69) is 15.1 Å². The molecule has 0 fully saturated rings. The minimum absolute atomic E-state index is 0.197. The van der Waals surface area contributed by atoms with E-state index in [4.69, 9.17) is 4.42 Å². The van der Waals surface area contributed by atoms with Crippen LogP contribution in [0.3, 0.4) is 0 Å². The Labute approximate surface area is 115 Å². The highest BCUT2D eigenvalue weighted by Gasteiger charge is 2.13. The Morgan fingerprint density at radius 1 is 1.15 bits per heavy atom. The summed E-state index contributed by atoms with van der Waals surface area (Å²) in [6.45, 7) is 5.59. The van der Waals surface area contributed by atoms with E-state index in [1.807, 2.05) is 20.8 Å². The number of nitrogens with one attached hydrogen (secondary N) is 1. The summed E-state index contributed by atoms with van der Waals surface area (Å²) in [6, 6.07) is 5.04. The first kappa shape index (κ1) is 12.4. The third-order valence-electron chi connectivity index (χ3n) is 3.18. The van der Waals surface area contributed by atoms with Crippen molar-refractivity contribution in [2.24, 2.45) is 0 Å². The summed E-state index contributed by atoms with van der Waals surface area (Å²) in [5, 5.41) is 3.00. The van der Waals surface area contributed by atoms with Crippen molar-refractivity contribution in [2.45, 2.75) is 20.8 Å². The first-order valence-electron chi connectivity index (χ1n) is 6.24. The second-order valence-electron chi connectivity index (χ2n) is 4.62. The first-order valence-corrected chi connectivity index (χ1v) is 6.24. The number of H-pyrrole nitrogens is 1. The maximum Gasteiger partial charge on any atom is 0.273 e. The molecule has 0 aromatic carbocycles. The molecule has 6 heteroatoms. The molecule has 0 unspecified atom stereocenters. The summed E-state index contributed by atoms with van der Waals surface area (Å²) in [5.41, 5.74) is 2.77. The highest BCUT2D eigenvalue weighted by Crippen LogP contribution is 2.17. The number of hydrogen-bond acceptors (Lipinski definition) is 4. The number of nitrogens with zero attached hydrogens (tertiary/aromatic N) is 3. The minimum Gasteiger partial charge on any atom is -0.463 e. The largest absolute Gasteiger partial charge is 0.463 e. The third kappa shape index (κ3) is 1.95. The zero-order chi connectivity index (χ0) is 14.3. The topological polar surface area (TPSA) is 76.7 Å². The molecule has 3 aromatic rings. The van der Waals surface area contributed by atoms with Gasteiger partial charge in [-0.2, -0.15) is 4.68 Å². The van der Waals surface area contributed by atoms with Crippen molar-refractivity contribution < 1.29 is 4.42 Å². The van der Waals surface area contributed by atoms with Gasteiger partial charge in [-0.05, 0) is 32.9 Å². The van der Waals surface area contributed by atoms with Gasteiger partial charge in [-0.3, -0.25) is 14.9 Å². The second-order valence-corrected chi connectivity index (χ2v) is 4.62. The van der Waals surface area contributed by atoms with Gasteiger partial charge < -0.3 is 4.42 Å². The molecule has 0 spiro atoms. The van der Waals surface area contributed by atoms with Crippen molar-refractivity contribution in [3.8, 4) is 17.3 Å². The highest BCUT2D eigenvalue weighted by molar-refractivity contribution is 5.51. The van der Waals surface area contributed by atoms with E-state index < -0.39 is 0 Å². The molecular weight excluding hydrogens is 256 g/mol. The standard InChI is InChI=1S/C14H14N4O2/c1-8-9(2)16-14(10(3)15-8)18-13(19)7-11(17-18)12-5-4-6-20-12/h4-7,17H,1-3H3. The molecule has 3 rings (SSSR count). The Balaban J connectivity index is 2.16. The molecule has 3 heterocycles. The van der Waals surface area contributed by atoms with E-state index in [1.165, 1.54) is 10.7 Å². The van der Waals surface area contributed by atoms with Gasteiger partial charge in [-0.25, -0.2) is 4.98 Å². The van der Waals surface area contributed by atoms with Crippen molar-refractivity contribution in [3.05, 3.63) is 51.9 Å². The Kier molecular flexibility index (Phi) is 2.78. The lowest BCUT2D eigenvalue weighted by Gasteiger charge is -2.07. The van der Waals surface area contributed by atoms with Crippen molar-refractivity contribution in [1.82, 2.24) is 19.7 Å². The average molecular weight is 270 g/mol. The maximum atomic E-state index is 12.1. The zero-order valence-corrected chi connectivity index (χ0v) is 11.5. The molecule has 3 aromatic heterocycles. The van der Waals surface area contributed by atoms with Gasteiger partial charge in [-0.15, -0.1) is 0 Å². The van der Waals surface area contributed by atoms with Crippen LogP contribution in [-0.4, -0.2) is 19.7 Å². The van der Waals surface area contributed by atoms with Crippen LogP contribution in [0.4, 0.5) is 0 Å². The fourth-order valence-corrected chi connectivity index (χ4v) is 2.03. The molecule has 0 aliphatic rings. The number of rotatable bonds is 2. The maximum absolute atomic E-state index is 12.1. The normalized spacial score (nSPS) is 10.9. The lowest BCUT2D eigenvalue weighted by Crippen LogP contribution is -2.18. The molecule has 0 amide bonds. The number of aryl methyl sites for hydroxylation is 3. The van der Waals surface area contributed by atoms with Crippen LogP contribution in [-0.2, 0) is 0 Å². The van der Waals surface area contributed by atoms with Gasteiger partial charge in [0.2, 0.25) is 0 Å². The highest BCUT2D eigenvalue weighted by atomic mass is 16.3. The summed E-state index contributed by atoms with van der Waals surface area (Å²) in [7, 11) is 0. The van der Waals surface area contributed by atoms with Gasteiger partial charge in [0, 0.05) is 6.07 Å². The molecule has 0 radical (unpaired) electrons. The molecule has 0 aliphatic heterocycles. The third-order valence-corrected chi connectivity index (χ3v) is 3.18. The summed E-state index contributed by atoms with van der Waals surface area (Å²) in [4.78, 5) is 20.9. The van der Waals surface area contributed by atoms with E-state index in [0.717, 1.165) is 11.4 Å². The molecule has 6 nitrogen and oxygen atoms in total. The summed E-state index contributed by atoms with van der Waals surface area (Å²) in [6.07, 6.45) is 1.56. The van der Waals surface area contributed by atoms with Gasteiger partial charge in [0.25, 0.3) is 5.56 Å². The SMILES string of the molecule is Cc1nc(C)c(-n2[nH]c(-c3ccco3)cc2=O)nc1C. The van der Waals surface area contributed by atoms with Crippen LogP contribution in [0.15, 0.2) is 33.7 Å². The zero-order valence-electron chi connectivity index (χ0n) is 11.5. The lowest BCUT2D eigenvalue weighted by molar-refractivity contribution is 0.578. The molecule has 0 saturated heterocycles. The van der Waals surface area contributed by atoms with Crippen LogP contribution in [0.2, 0.25) is 0 Å². The number of furan rings is 1. The van der Waals surface area contributed by atoms with Gasteiger partial charge in [0.05, 0.1) is 23.3 Å². The quantitative estimate of drug-likeness (QED) is 0.774. The average Bonchev–Trinajstić information content (AvgIpc) is 3.03. The number of hydrogen-bond donors (Lipinski definition) is 1. The number of aromatic nitrogens is 4.